The van der Waals surface area contributed by atoms with Gasteiger partial charge in [0.05, 0.1) is 11.6 Å². The third-order valence-corrected chi connectivity index (χ3v) is 5.93. The number of ether oxygens (including phenoxy) is 1. The Hall–Kier alpha value is -2.41. The first-order valence-corrected chi connectivity index (χ1v) is 10.5. The van der Waals surface area contributed by atoms with Gasteiger partial charge in [-0.3, -0.25) is 10.3 Å². The first-order valence-electron chi connectivity index (χ1n) is 9.35. The molecule has 0 aliphatic carbocycles. The molecule has 0 fully saturated rings. The lowest BCUT2D eigenvalue weighted by Gasteiger charge is -2.31. The average Bonchev–Trinajstić information content (AvgIpc) is 2.77. The molecule has 1 aliphatic heterocycles. The molecule has 4 rings (SSSR count). The second kappa shape index (κ2) is 8.76. The molecule has 7 heteroatoms. The van der Waals surface area contributed by atoms with Crippen LogP contribution in [0.3, 0.4) is 0 Å². The molecule has 3 aromatic carbocycles. The van der Waals surface area contributed by atoms with Crippen molar-refractivity contribution in [2.75, 3.05) is 7.11 Å². The molecule has 0 bridgehead atoms. The lowest BCUT2D eigenvalue weighted by Crippen LogP contribution is -2.33. The van der Waals surface area contributed by atoms with Crippen molar-refractivity contribution in [2.24, 2.45) is 4.99 Å². The quantitative estimate of drug-likeness (QED) is 0.460. The van der Waals surface area contributed by atoms with Crippen LogP contribution < -0.4 is 10.1 Å². The summed E-state index contributed by atoms with van der Waals surface area (Å²) in [6, 6.07) is 17.3. The third kappa shape index (κ3) is 4.36. The van der Waals surface area contributed by atoms with Crippen molar-refractivity contribution in [1.29, 1.82) is 0 Å². The number of phenols is 1. The smallest absolute Gasteiger partial charge is 0.137 e. The minimum atomic E-state index is -0.420. The highest BCUT2D eigenvalue weighted by atomic mass is 79.9. The number of hydrogen-bond donors (Lipinski definition) is 2. The normalized spacial score (nSPS) is 18.7. The topological polar surface area (TPSA) is 53.8 Å². The molecule has 0 aromatic heterocycles. The standard InChI is InChI=1S/C23H19BrClFN2O2/c1-30-16-6-2-13(3-7-16)20-12-21(17-11-15(25)5-9-22(17)29)28-23(27-20)14-4-8-19(26)18(24)10-14/h2-11,21,23,28-29H,12H2,1H3. The van der Waals surface area contributed by atoms with Crippen LogP contribution in [0, 0.1) is 5.82 Å². The minimum Gasteiger partial charge on any atom is -0.508 e. The number of halogens is 3. The number of nitrogens with one attached hydrogen (secondary N) is 1. The number of hydrogen-bond acceptors (Lipinski definition) is 4. The fraction of sp³-hybridized carbons (Fsp3) is 0.174. The first kappa shape index (κ1) is 20.8. The van der Waals surface area contributed by atoms with Crippen molar-refractivity contribution < 1.29 is 14.2 Å². The van der Waals surface area contributed by atoms with Gasteiger partial charge in [-0.05, 0) is 81.7 Å². The number of benzene rings is 3. The molecule has 2 N–H and O–H groups in total. The van der Waals surface area contributed by atoms with Gasteiger partial charge >= 0.3 is 0 Å². The fourth-order valence-electron chi connectivity index (χ4n) is 3.52. The lowest BCUT2D eigenvalue weighted by atomic mass is 9.93. The summed E-state index contributed by atoms with van der Waals surface area (Å²) in [5, 5.41) is 14.4. The van der Waals surface area contributed by atoms with Crippen LogP contribution in [0.5, 0.6) is 11.5 Å². The third-order valence-electron chi connectivity index (χ3n) is 5.09. The Bertz CT molecular complexity index is 1100. The van der Waals surface area contributed by atoms with Crippen LogP contribution in [0.25, 0.3) is 0 Å². The van der Waals surface area contributed by atoms with Crippen molar-refractivity contribution in [3.8, 4) is 11.5 Å². The summed E-state index contributed by atoms with van der Waals surface area (Å²) >= 11 is 9.43. The number of methoxy groups -OCH3 is 1. The van der Waals surface area contributed by atoms with Gasteiger partial charge in [0.15, 0.2) is 0 Å². The van der Waals surface area contributed by atoms with Crippen molar-refractivity contribution in [2.45, 2.75) is 18.6 Å². The Morgan fingerprint density at radius 1 is 1.13 bits per heavy atom. The van der Waals surface area contributed by atoms with E-state index in [2.05, 4.69) is 21.2 Å². The molecule has 3 aromatic rings. The van der Waals surface area contributed by atoms with Gasteiger partial charge in [-0.1, -0.05) is 17.7 Å². The maximum atomic E-state index is 13.8. The first-order chi connectivity index (χ1) is 14.4. The van der Waals surface area contributed by atoms with E-state index < -0.39 is 6.17 Å². The molecular weight excluding hydrogens is 471 g/mol. The van der Waals surface area contributed by atoms with Crippen molar-refractivity contribution in [1.82, 2.24) is 5.32 Å². The molecule has 1 heterocycles. The summed E-state index contributed by atoms with van der Waals surface area (Å²) < 4.78 is 19.4. The van der Waals surface area contributed by atoms with Gasteiger partial charge in [-0.15, -0.1) is 0 Å². The maximum absolute atomic E-state index is 13.8. The monoisotopic (exact) mass is 488 g/mol. The number of nitrogens with zero attached hydrogens (tertiary/aromatic N) is 1. The highest BCUT2D eigenvalue weighted by molar-refractivity contribution is 9.10. The molecule has 4 nitrogen and oxygen atoms in total. The number of rotatable bonds is 4. The summed E-state index contributed by atoms with van der Waals surface area (Å²) in [5.74, 6) is 0.584. The van der Waals surface area contributed by atoms with Crippen LogP contribution in [0.1, 0.15) is 35.3 Å². The van der Waals surface area contributed by atoms with E-state index in [9.17, 15) is 9.50 Å². The molecule has 0 saturated heterocycles. The molecule has 0 spiro atoms. The zero-order chi connectivity index (χ0) is 21.3. The molecular formula is C23H19BrClFN2O2. The maximum Gasteiger partial charge on any atom is 0.137 e. The Kier molecular flexibility index (Phi) is 6.09. The summed E-state index contributed by atoms with van der Waals surface area (Å²) in [5.41, 5.74) is 3.32. The second-order valence-corrected chi connectivity index (χ2v) is 8.30. The van der Waals surface area contributed by atoms with Crippen LogP contribution in [0.15, 0.2) is 70.1 Å². The van der Waals surface area contributed by atoms with E-state index in [4.69, 9.17) is 21.3 Å². The molecule has 1 aliphatic rings. The van der Waals surface area contributed by atoms with E-state index in [0.717, 1.165) is 22.6 Å². The number of aromatic hydroxyl groups is 1. The number of aliphatic imine (C=N–C) groups is 1. The number of phenolic OH excluding ortho intramolecular Hbond substituents is 1. The van der Waals surface area contributed by atoms with Gasteiger partial charge in [0.25, 0.3) is 0 Å². The zero-order valence-corrected chi connectivity index (χ0v) is 18.4. The van der Waals surface area contributed by atoms with Gasteiger partial charge in [-0.25, -0.2) is 4.39 Å². The van der Waals surface area contributed by atoms with Gasteiger partial charge in [0.1, 0.15) is 23.5 Å². The summed E-state index contributed by atoms with van der Waals surface area (Å²) in [6.07, 6.45) is 0.134. The van der Waals surface area contributed by atoms with Gasteiger partial charge in [-0.2, -0.15) is 0 Å². The Balaban J connectivity index is 1.77. The van der Waals surface area contributed by atoms with E-state index in [0.29, 0.717) is 21.5 Å². The lowest BCUT2D eigenvalue weighted by molar-refractivity contribution is 0.412. The van der Waals surface area contributed by atoms with Crippen molar-refractivity contribution in [3.63, 3.8) is 0 Å². The highest BCUT2D eigenvalue weighted by Crippen LogP contribution is 2.36. The molecule has 2 unspecified atom stereocenters. The van der Waals surface area contributed by atoms with Crippen LogP contribution in [-0.2, 0) is 0 Å². The Morgan fingerprint density at radius 3 is 2.60 bits per heavy atom. The van der Waals surface area contributed by atoms with Crippen LogP contribution >= 0.6 is 27.5 Å². The predicted octanol–water partition coefficient (Wildman–Crippen LogP) is 6.18. The van der Waals surface area contributed by atoms with Gasteiger partial charge in [0, 0.05) is 28.8 Å². The van der Waals surface area contributed by atoms with E-state index >= 15 is 0 Å². The molecule has 0 amide bonds. The van der Waals surface area contributed by atoms with Crippen molar-refractivity contribution in [3.05, 3.63) is 92.7 Å². The average molecular weight is 490 g/mol. The van der Waals surface area contributed by atoms with E-state index in [-0.39, 0.29) is 17.6 Å². The Morgan fingerprint density at radius 2 is 1.90 bits per heavy atom. The van der Waals surface area contributed by atoms with Gasteiger partial charge in [0.2, 0.25) is 0 Å². The van der Waals surface area contributed by atoms with Crippen LogP contribution in [0.2, 0.25) is 5.02 Å². The fourth-order valence-corrected chi connectivity index (χ4v) is 4.10. The van der Waals surface area contributed by atoms with E-state index in [1.165, 1.54) is 6.07 Å². The molecule has 154 valence electrons. The summed E-state index contributed by atoms with van der Waals surface area (Å²) in [7, 11) is 1.62. The van der Waals surface area contributed by atoms with E-state index in [1.54, 1.807) is 37.4 Å². The molecule has 30 heavy (non-hydrogen) atoms. The second-order valence-electron chi connectivity index (χ2n) is 7.01. The van der Waals surface area contributed by atoms with Crippen LogP contribution in [-0.4, -0.2) is 17.9 Å². The van der Waals surface area contributed by atoms with Gasteiger partial charge < -0.3 is 9.84 Å². The predicted molar refractivity (Wildman–Crippen MR) is 120 cm³/mol. The zero-order valence-electron chi connectivity index (χ0n) is 16.1. The summed E-state index contributed by atoms with van der Waals surface area (Å²) in [6.45, 7) is 0. The van der Waals surface area contributed by atoms with E-state index in [1.807, 2.05) is 24.3 Å². The SMILES string of the molecule is COc1ccc(C2=NC(c3ccc(F)c(Br)c3)NC(c3cc(Cl)ccc3O)C2)cc1. The van der Waals surface area contributed by atoms with Crippen LogP contribution in [0.4, 0.5) is 4.39 Å². The Labute approximate surface area is 187 Å². The minimum absolute atomic E-state index is 0.159. The largest absolute Gasteiger partial charge is 0.508 e. The molecule has 2 atom stereocenters. The molecule has 0 radical (unpaired) electrons. The van der Waals surface area contributed by atoms with Crippen molar-refractivity contribution >= 4 is 33.2 Å². The summed E-state index contributed by atoms with van der Waals surface area (Å²) in [4.78, 5) is 4.88. The molecule has 0 saturated carbocycles. The highest BCUT2D eigenvalue weighted by Gasteiger charge is 2.28.